The van der Waals surface area contributed by atoms with Crippen LogP contribution < -0.4 is 5.32 Å². The number of carbonyl (C=O) groups is 1. The van der Waals surface area contributed by atoms with Crippen LogP contribution in [0.4, 0.5) is 0 Å². The van der Waals surface area contributed by atoms with E-state index in [4.69, 9.17) is 9.47 Å². The number of ether oxygens (including phenoxy) is 2. The second-order valence-corrected chi connectivity index (χ2v) is 19.6. The van der Waals surface area contributed by atoms with Gasteiger partial charge in [-0.2, -0.15) is 8.42 Å². The fourth-order valence-corrected chi connectivity index (χ4v) is 8.83. The van der Waals surface area contributed by atoms with Crippen molar-refractivity contribution in [2.75, 3.05) is 13.2 Å². The quantitative estimate of drug-likeness (QED) is 0.0173. The van der Waals surface area contributed by atoms with E-state index in [-0.39, 0.29) is 6.42 Å². The highest BCUT2D eigenvalue weighted by Gasteiger charge is 2.48. The number of nitrogens with one attached hydrogen (secondary N) is 1. The van der Waals surface area contributed by atoms with E-state index in [9.17, 15) is 43.3 Å². The molecule has 8 unspecified atom stereocenters. The third-order valence-electron chi connectivity index (χ3n) is 12.5. The highest BCUT2D eigenvalue weighted by molar-refractivity contribution is 7.80. The second-order valence-electron chi connectivity index (χ2n) is 18.6. The van der Waals surface area contributed by atoms with E-state index in [0.29, 0.717) is 12.8 Å². The number of aliphatic hydroxyl groups is 5. The molecule has 0 aromatic rings. The molecule has 13 nitrogen and oxygen atoms in total. The SMILES string of the molecule is CCCCCCCCC/C=C/CC/C=C/CC/C=C/C(O)C(COC1OC(CO)C(O)C(OS(=O)(=O)O)C1O)NC(=O)C(O)CCCCCCCCCCCCCCCCCCCCCC. The van der Waals surface area contributed by atoms with Gasteiger partial charge in [0.15, 0.2) is 6.29 Å². The topological polar surface area (TPSA) is 212 Å². The summed E-state index contributed by atoms with van der Waals surface area (Å²) in [6.07, 6.45) is 39.4. The predicted molar refractivity (Wildman–Crippen MR) is 265 cm³/mol. The van der Waals surface area contributed by atoms with Crippen molar-refractivity contribution in [3.8, 4) is 0 Å². The van der Waals surface area contributed by atoms with Gasteiger partial charge in [-0.05, 0) is 44.9 Å². The maximum Gasteiger partial charge on any atom is 0.397 e. The summed E-state index contributed by atoms with van der Waals surface area (Å²) in [6.45, 7) is 3.22. The second kappa shape index (κ2) is 42.2. The summed E-state index contributed by atoms with van der Waals surface area (Å²) < 4.78 is 47.6. The molecule has 0 bridgehead atoms. The van der Waals surface area contributed by atoms with Crippen molar-refractivity contribution in [2.24, 2.45) is 0 Å². The number of amides is 1. The number of rotatable bonds is 45. The molecule has 0 aromatic heterocycles. The number of hydrogen-bond donors (Lipinski definition) is 7. The van der Waals surface area contributed by atoms with Crippen LogP contribution in [0, 0.1) is 0 Å². The van der Waals surface area contributed by atoms with Crippen molar-refractivity contribution < 1.29 is 57.0 Å². The lowest BCUT2D eigenvalue weighted by Crippen LogP contribution is -2.61. The van der Waals surface area contributed by atoms with E-state index in [1.807, 2.05) is 0 Å². The van der Waals surface area contributed by atoms with Gasteiger partial charge in [-0.25, -0.2) is 4.18 Å². The Bertz CT molecular complexity index is 1330. The molecule has 0 saturated carbocycles. The molecule has 14 heteroatoms. The maximum atomic E-state index is 13.2. The molecule has 1 fully saturated rings. The first-order valence-corrected chi connectivity index (χ1v) is 27.8. The summed E-state index contributed by atoms with van der Waals surface area (Å²) in [5, 5.41) is 55.4. The van der Waals surface area contributed by atoms with Crippen LogP contribution in [-0.2, 0) is 28.9 Å². The number of aliphatic hydroxyl groups excluding tert-OH is 5. The summed E-state index contributed by atoms with van der Waals surface area (Å²) in [6, 6.07) is -1.14. The molecule has 1 heterocycles. The van der Waals surface area contributed by atoms with Crippen molar-refractivity contribution in [2.45, 2.75) is 275 Å². The third kappa shape index (κ3) is 33.7. The lowest BCUT2D eigenvalue weighted by atomic mass is 9.99. The Labute approximate surface area is 401 Å². The number of carbonyl (C=O) groups excluding carboxylic acids is 1. The first-order valence-electron chi connectivity index (χ1n) is 26.5. The number of allylic oxidation sites excluding steroid dienone is 5. The maximum absolute atomic E-state index is 13.2. The molecule has 0 aliphatic carbocycles. The Morgan fingerprint density at radius 1 is 0.606 bits per heavy atom. The molecule has 1 saturated heterocycles. The van der Waals surface area contributed by atoms with Crippen molar-refractivity contribution >= 4 is 16.3 Å². The third-order valence-corrected chi connectivity index (χ3v) is 13.0. The Balaban J connectivity index is 2.52. The Morgan fingerprint density at radius 3 is 1.45 bits per heavy atom. The van der Waals surface area contributed by atoms with Crippen LogP contribution >= 0.6 is 0 Å². The molecule has 388 valence electrons. The van der Waals surface area contributed by atoms with E-state index in [1.54, 1.807) is 6.08 Å². The number of hydrogen-bond acceptors (Lipinski definition) is 11. The van der Waals surface area contributed by atoms with Crippen LogP contribution in [0.2, 0.25) is 0 Å². The van der Waals surface area contributed by atoms with Gasteiger partial charge in [0.2, 0.25) is 5.91 Å². The van der Waals surface area contributed by atoms with Gasteiger partial charge < -0.3 is 40.3 Å². The fourth-order valence-electron chi connectivity index (χ4n) is 8.32. The zero-order valence-electron chi connectivity index (χ0n) is 41.4. The fraction of sp³-hybridized carbons (Fsp3) is 0.865. The highest BCUT2D eigenvalue weighted by atomic mass is 32.3. The van der Waals surface area contributed by atoms with E-state index >= 15 is 0 Å². The Kier molecular flexibility index (Phi) is 39.8. The minimum absolute atomic E-state index is 0.237. The van der Waals surface area contributed by atoms with Crippen LogP contribution in [-0.4, -0.2) is 107 Å². The molecule has 8 atom stereocenters. The summed E-state index contributed by atoms with van der Waals surface area (Å²) in [5.41, 5.74) is 0. The largest absolute Gasteiger partial charge is 0.397 e. The first-order chi connectivity index (χ1) is 31.9. The average Bonchev–Trinajstić information content (AvgIpc) is 3.29. The zero-order chi connectivity index (χ0) is 48.5. The van der Waals surface area contributed by atoms with Crippen LogP contribution in [0.5, 0.6) is 0 Å². The molecule has 7 N–H and O–H groups in total. The van der Waals surface area contributed by atoms with Crippen molar-refractivity contribution in [1.82, 2.24) is 5.32 Å². The Morgan fingerprint density at radius 2 is 1.02 bits per heavy atom. The van der Waals surface area contributed by atoms with Gasteiger partial charge in [0.1, 0.15) is 30.5 Å². The Hall–Kier alpha value is -1.72. The standard InChI is InChI=1S/C52H97NO12S/c1-3-5-7-9-11-13-15-17-19-21-22-23-25-27-29-31-33-35-37-39-41-46(56)51(59)53-44(43-63-52-49(58)50(65-66(60,61)62)48(57)47(42-54)64-52)45(55)40-38-36-34-32-30-28-26-24-20-18-16-14-12-10-8-6-4-2/h20,24,30,32,38,40,44-50,52,54-58H,3-19,21-23,25-29,31,33-37,39,41-43H2,1-2H3,(H,53,59)(H,60,61,62)/b24-20+,32-30+,40-38+. The summed E-state index contributed by atoms with van der Waals surface area (Å²) in [4.78, 5) is 13.2. The molecular formula is C52H97NO12S. The van der Waals surface area contributed by atoms with Gasteiger partial charge in [0.25, 0.3) is 0 Å². The molecule has 0 aromatic carbocycles. The van der Waals surface area contributed by atoms with Gasteiger partial charge >= 0.3 is 10.4 Å². The van der Waals surface area contributed by atoms with Gasteiger partial charge in [-0.15, -0.1) is 0 Å². The predicted octanol–water partition coefficient (Wildman–Crippen LogP) is 10.4. The van der Waals surface area contributed by atoms with Crippen LogP contribution in [0.25, 0.3) is 0 Å². The molecule has 1 aliphatic rings. The summed E-state index contributed by atoms with van der Waals surface area (Å²) in [7, 11) is -5.13. The molecule has 1 aliphatic heterocycles. The summed E-state index contributed by atoms with van der Waals surface area (Å²) in [5.74, 6) is -0.713. The molecule has 0 radical (unpaired) electrons. The minimum Gasteiger partial charge on any atom is -0.394 e. The monoisotopic (exact) mass is 960 g/mol. The normalized spacial score (nSPS) is 20.8. The van der Waals surface area contributed by atoms with Crippen LogP contribution in [0.3, 0.4) is 0 Å². The van der Waals surface area contributed by atoms with E-state index in [1.165, 1.54) is 154 Å². The molecule has 0 spiro atoms. The lowest BCUT2D eigenvalue weighted by Gasteiger charge is -2.41. The average molecular weight is 960 g/mol. The first kappa shape index (κ1) is 62.3. The van der Waals surface area contributed by atoms with Gasteiger partial charge in [-0.3, -0.25) is 9.35 Å². The van der Waals surface area contributed by atoms with Crippen molar-refractivity contribution in [3.05, 3.63) is 36.5 Å². The van der Waals surface area contributed by atoms with Gasteiger partial charge in [0, 0.05) is 0 Å². The zero-order valence-corrected chi connectivity index (χ0v) is 42.2. The molecule has 66 heavy (non-hydrogen) atoms. The molecule has 1 rings (SSSR count). The van der Waals surface area contributed by atoms with Crippen LogP contribution in [0.1, 0.15) is 226 Å². The van der Waals surface area contributed by atoms with Crippen molar-refractivity contribution in [1.29, 1.82) is 0 Å². The van der Waals surface area contributed by atoms with Crippen LogP contribution in [0.15, 0.2) is 36.5 Å². The van der Waals surface area contributed by atoms with Crippen molar-refractivity contribution in [3.63, 3.8) is 0 Å². The smallest absolute Gasteiger partial charge is 0.394 e. The summed E-state index contributed by atoms with van der Waals surface area (Å²) >= 11 is 0. The van der Waals surface area contributed by atoms with Gasteiger partial charge in [-0.1, -0.05) is 217 Å². The minimum atomic E-state index is -5.13. The van der Waals surface area contributed by atoms with Gasteiger partial charge in [0.05, 0.1) is 25.4 Å². The molecule has 1 amide bonds. The molecular weight excluding hydrogens is 863 g/mol. The van der Waals surface area contributed by atoms with E-state index in [2.05, 4.69) is 47.7 Å². The lowest BCUT2D eigenvalue weighted by molar-refractivity contribution is -0.298. The number of unbranched alkanes of at least 4 members (excludes halogenated alkanes) is 28. The van der Waals surface area contributed by atoms with E-state index in [0.717, 1.165) is 44.9 Å². The van der Waals surface area contributed by atoms with E-state index < -0.39 is 78.5 Å². The highest BCUT2D eigenvalue weighted by Crippen LogP contribution is 2.26.